The van der Waals surface area contributed by atoms with Crippen LogP contribution in [-0.2, 0) is 6.42 Å². The Kier molecular flexibility index (Phi) is 6.01. The molecule has 0 N–H and O–H groups in total. The van der Waals surface area contributed by atoms with Gasteiger partial charge in [0.05, 0.1) is 7.11 Å². The van der Waals surface area contributed by atoms with Crippen molar-refractivity contribution in [1.82, 2.24) is 0 Å². The summed E-state index contributed by atoms with van der Waals surface area (Å²) in [6.45, 7) is 2.17. The summed E-state index contributed by atoms with van der Waals surface area (Å²) < 4.78 is 10.8. The van der Waals surface area contributed by atoms with Crippen molar-refractivity contribution in [2.75, 3.05) is 7.11 Å². The van der Waals surface area contributed by atoms with Gasteiger partial charge in [-0.25, -0.2) is 4.79 Å². The highest BCUT2D eigenvalue weighted by Crippen LogP contribution is 2.24. The zero-order valence-electron chi connectivity index (χ0n) is 13.2. The quantitative estimate of drug-likeness (QED) is 0.424. The predicted molar refractivity (Wildman–Crippen MR) is 87.6 cm³/mol. The van der Waals surface area contributed by atoms with Crippen LogP contribution in [0.5, 0.6) is 11.5 Å². The second-order valence-electron chi connectivity index (χ2n) is 5.15. The Hall–Kier alpha value is -2.29. The minimum atomic E-state index is -0.389. The number of rotatable bonds is 7. The Morgan fingerprint density at radius 3 is 2.36 bits per heavy atom. The van der Waals surface area contributed by atoms with E-state index in [1.165, 1.54) is 12.8 Å². The fourth-order valence-electron chi connectivity index (χ4n) is 2.34. The van der Waals surface area contributed by atoms with Gasteiger partial charge in [-0.15, -0.1) is 0 Å². The number of hydrogen-bond acceptors (Lipinski definition) is 3. The molecule has 2 rings (SSSR count). The van der Waals surface area contributed by atoms with Crippen LogP contribution in [0.2, 0.25) is 0 Å². The fourth-order valence-corrected chi connectivity index (χ4v) is 2.34. The maximum absolute atomic E-state index is 12.4. The van der Waals surface area contributed by atoms with Crippen molar-refractivity contribution < 1.29 is 14.3 Å². The van der Waals surface area contributed by atoms with Crippen LogP contribution in [0, 0.1) is 0 Å². The zero-order valence-corrected chi connectivity index (χ0v) is 13.2. The van der Waals surface area contributed by atoms with Crippen LogP contribution in [-0.4, -0.2) is 13.1 Å². The van der Waals surface area contributed by atoms with E-state index in [4.69, 9.17) is 9.47 Å². The summed E-state index contributed by atoms with van der Waals surface area (Å²) in [5, 5.41) is 0. The summed E-state index contributed by atoms with van der Waals surface area (Å²) in [6.07, 6.45) is 4.36. The molecule has 3 nitrogen and oxygen atoms in total. The van der Waals surface area contributed by atoms with Crippen molar-refractivity contribution >= 4 is 5.97 Å². The van der Waals surface area contributed by atoms with Crippen LogP contribution in [0.4, 0.5) is 0 Å². The number of unbranched alkanes of at least 4 members (excludes halogenated alkanes) is 2. The highest BCUT2D eigenvalue weighted by atomic mass is 16.5. The van der Waals surface area contributed by atoms with Gasteiger partial charge in [0.25, 0.3) is 0 Å². The van der Waals surface area contributed by atoms with Crippen molar-refractivity contribution in [3.63, 3.8) is 0 Å². The van der Waals surface area contributed by atoms with E-state index in [1.54, 1.807) is 25.3 Å². The Morgan fingerprint density at radius 1 is 0.955 bits per heavy atom. The van der Waals surface area contributed by atoms with Crippen molar-refractivity contribution in [2.24, 2.45) is 0 Å². The molecule has 0 bridgehead atoms. The first-order valence-corrected chi connectivity index (χ1v) is 7.69. The summed E-state index contributed by atoms with van der Waals surface area (Å²) in [7, 11) is 1.55. The molecule has 0 aliphatic rings. The predicted octanol–water partition coefficient (Wildman–Crippen LogP) is 4.65. The van der Waals surface area contributed by atoms with Gasteiger partial charge in [0, 0.05) is 0 Å². The number of esters is 1. The Bertz CT molecular complexity index is 620. The van der Waals surface area contributed by atoms with E-state index < -0.39 is 0 Å². The summed E-state index contributed by atoms with van der Waals surface area (Å²) in [4.78, 5) is 12.4. The van der Waals surface area contributed by atoms with Crippen LogP contribution in [0.3, 0.4) is 0 Å². The van der Waals surface area contributed by atoms with Gasteiger partial charge in [0.1, 0.15) is 17.1 Å². The standard InChI is InChI=1S/C19H22O3/c1-3-4-5-10-15-11-6-8-13-17(15)22-19(20)16-12-7-9-14-18(16)21-2/h6-9,11-14H,3-5,10H2,1-2H3. The SMILES string of the molecule is CCCCCc1ccccc1OC(=O)c1ccccc1OC. The van der Waals surface area contributed by atoms with E-state index in [0.29, 0.717) is 17.1 Å². The van der Waals surface area contributed by atoms with E-state index in [9.17, 15) is 4.79 Å². The Balaban J connectivity index is 2.14. The van der Waals surface area contributed by atoms with Crippen LogP contribution in [0.15, 0.2) is 48.5 Å². The molecule has 3 heteroatoms. The topological polar surface area (TPSA) is 35.5 Å². The summed E-state index contributed by atoms with van der Waals surface area (Å²) >= 11 is 0. The Morgan fingerprint density at radius 2 is 1.64 bits per heavy atom. The highest BCUT2D eigenvalue weighted by molar-refractivity contribution is 5.94. The number of carbonyl (C=O) groups excluding carboxylic acids is 1. The summed E-state index contributed by atoms with van der Waals surface area (Å²) in [6, 6.07) is 14.8. The molecule has 0 atom stereocenters. The largest absolute Gasteiger partial charge is 0.496 e. The van der Waals surface area contributed by atoms with Crippen molar-refractivity contribution in [3.05, 3.63) is 59.7 Å². The number of carbonyl (C=O) groups is 1. The molecule has 116 valence electrons. The van der Waals surface area contributed by atoms with Gasteiger partial charge in [-0.2, -0.15) is 0 Å². The molecule has 0 aliphatic heterocycles. The molecule has 0 saturated carbocycles. The average molecular weight is 298 g/mol. The smallest absolute Gasteiger partial charge is 0.347 e. The van der Waals surface area contributed by atoms with Crippen LogP contribution >= 0.6 is 0 Å². The maximum atomic E-state index is 12.4. The number of ether oxygens (including phenoxy) is 2. The molecular formula is C19H22O3. The zero-order chi connectivity index (χ0) is 15.8. The van der Waals surface area contributed by atoms with Gasteiger partial charge >= 0.3 is 5.97 Å². The van der Waals surface area contributed by atoms with Crippen molar-refractivity contribution in [3.8, 4) is 11.5 Å². The third-order valence-electron chi connectivity index (χ3n) is 3.55. The number of methoxy groups -OCH3 is 1. The lowest BCUT2D eigenvalue weighted by Crippen LogP contribution is -2.11. The van der Waals surface area contributed by atoms with Crippen LogP contribution in [0.1, 0.15) is 42.1 Å². The number of aryl methyl sites for hydroxylation is 1. The lowest BCUT2D eigenvalue weighted by atomic mass is 10.1. The van der Waals surface area contributed by atoms with Gasteiger partial charge in [-0.1, -0.05) is 50.1 Å². The molecule has 0 unspecified atom stereocenters. The molecule has 0 spiro atoms. The molecular weight excluding hydrogens is 276 g/mol. The first-order chi connectivity index (χ1) is 10.8. The van der Waals surface area contributed by atoms with Crippen molar-refractivity contribution in [1.29, 1.82) is 0 Å². The summed E-state index contributed by atoms with van der Waals surface area (Å²) in [5.41, 5.74) is 1.51. The lowest BCUT2D eigenvalue weighted by molar-refractivity contribution is 0.0729. The molecule has 2 aromatic carbocycles. The maximum Gasteiger partial charge on any atom is 0.347 e. The van der Waals surface area contributed by atoms with Gasteiger partial charge in [-0.05, 0) is 36.6 Å². The van der Waals surface area contributed by atoms with E-state index in [2.05, 4.69) is 6.92 Å². The van der Waals surface area contributed by atoms with E-state index in [-0.39, 0.29) is 5.97 Å². The number of hydrogen-bond donors (Lipinski definition) is 0. The first-order valence-electron chi connectivity index (χ1n) is 7.69. The van der Waals surface area contributed by atoms with E-state index >= 15 is 0 Å². The third-order valence-corrected chi connectivity index (χ3v) is 3.55. The molecule has 0 fully saturated rings. The monoisotopic (exact) mass is 298 g/mol. The second kappa shape index (κ2) is 8.23. The van der Waals surface area contributed by atoms with Crippen LogP contribution in [0.25, 0.3) is 0 Å². The van der Waals surface area contributed by atoms with E-state index in [1.807, 2.05) is 30.3 Å². The summed E-state index contributed by atoms with van der Waals surface area (Å²) in [5.74, 6) is 0.769. The number of benzene rings is 2. The highest BCUT2D eigenvalue weighted by Gasteiger charge is 2.15. The normalized spacial score (nSPS) is 10.3. The molecule has 0 radical (unpaired) electrons. The third kappa shape index (κ3) is 4.10. The first kappa shape index (κ1) is 16.1. The molecule has 0 heterocycles. The lowest BCUT2D eigenvalue weighted by Gasteiger charge is -2.11. The molecule has 0 amide bonds. The molecule has 22 heavy (non-hydrogen) atoms. The minimum Gasteiger partial charge on any atom is -0.496 e. The molecule has 2 aromatic rings. The van der Waals surface area contributed by atoms with Gasteiger partial charge in [0.2, 0.25) is 0 Å². The molecule has 0 saturated heterocycles. The Labute approximate surface area is 131 Å². The van der Waals surface area contributed by atoms with Gasteiger partial charge in [-0.3, -0.25) is 0 Å². The minimum absolute atomic E-state index is 0.389. The second-order valence-corrected chi connectivity index (χ2v) is 5.15. The van der Waals surface area contributed by atoms with E-state index in [0.717, 1.165) is 18.4 Å². The number of para-hydroxylation sites is 2. The van der Waals surface area contributed by atoms with Gasteiger partial charge in [0.15, 0.2) is 0 Å². The fraction of sp³-hybridized carbons (Fsp3) is 0.316. The van der Waals surface area contributed by atoms with Crippen LogP contribution < -0.4 is 9.47 Å². The average Bonchev–Trinajstić information content (AvgIpc) is 2.56. The molecule has 0 aliphatic carbocycles. The van der Waals surface area contributed by atoms with Gasteiger partial charge < -0.3 is 9.47 Å². The molecule has 0 aromatic heterocycles. The van der Waals surface area contributed by atoms with Crippen molar-refractivity contribution in [2.45, 2.75) is 32.6 Å².